The van der Waals surface area contributed by atoms with Crippen LogP contribution in [0.2, 0.25) is 0 Å². The highest BCUT2D eigenvalue weighted by atomic mass is 16.5. The molecule has 1 unspecified atom stereocenters. The Hall–Kier alpha value is -2.42. The van der Waals surface area contributed by atoms with Crippen LogP contribution in [0.1, 0.15) is 17.3 Å². The first-order valence-electron chi connectivity index (χ1n) is 7.83. The highest BCUT2D eigenvalue weighted by Gasteiger charge is 2.22. The first kappa shape index (κ1) is 15.5. The van der Waals surface area contributed by atoms with Crippen LogP contribution >= 0.6 is 0 Å². The van der Waals surface area contributed by atoms with Gasteiger partial charge in [-0.15, -0.1) is 0 Å². The van der Waals surface area contributed by atoms with E-state index in [1.54, 1.807) is 12.3 Å². The quantitative estimate of drug-likeness (QED) is 0.919. The number of nitriles is 1. The van der Waals surface area contributed by atoms with E-state index in [2.05, 4.69) is 39.5 Å². The van der Waals surface area contributed by atoms with Crippen molar-refractivity contribution in [2.45, 2.75) is 6.04 Å². The SMILES string of the molecule is N#Cc1ccc(NCC(c2ccccc2)N2CCOCC2)cn1. The molecule has 0 radical (unpaired) electrons. The van der Waals surface area contributed by atoms with Crippen LogP contribution in [0, 0.1) is 11.3 Å². The lowest BCUT2D eigenvalue weighted by atomic mass is 10.0. The van der Waals surface area contributed by atoms with E-state index in [0.29, 0.717) is 5.69 Å². The zero-order chi connectivity index (χ0) is 15.9. The van der Waals surface area contributed by atoms with E-state index in [1.165, 1.54) is 5.56 Å². The van der Waals surface area contributed by atoms with Crippen LogP contribution in [-0.2, 0) is 4.74 Å². The Morgan fingerprint density at radius 1 is 1.17 bits per heavy atom. The van der Waals surface area contributed by atoms with Gasteiger partial charge in [-0.25, -0.2) is 4.98 Å². The van der Waals surface area contributed by atoms with E-state index in [1.807, 2.05) is 18.2 Å². The maximum absolute atomic E-state index is 8.81. The second-order valence-corrected chi connectivity index (χ2v) is 5.50. The van der Waals surface area contributed by atoms with Crippen LogP contribution in [-0.4, -0.2) is 42.7 Å². The van der Waals surface area contributed by atoms with Crippen molar-refractivity contribution in [3.8, 4) is 6.07 Å². The van der Waals surface area contributed by atoms with Gasteiger partial charge in [-0.1, -0.05) is 30.3 Å². The average molecular weight is 308 g/mol. The first-order chi connectivity index (χ1) is 11.4. The van der Waals surface area contributed by atoms with Gasteiger partial charge in [-0.3, -0.25) is 4.90 Å². The van der Waals surface area contributed by atoms with E-state index >= 15 is 0 Å². The molecule has 0 saturated carbocycles. The van der Waals surface area contributed by atoms with Crippen molar-refractivity contribution in [3.05, 3.63) is 59.9 Å². The Labute approximate surface area is 136 Å². The van der Waals surface area contributed by atoms with Gasteiger partial charge in [0, 0.05) is 19.6 Å². The third-order valence-electron chi connectivity index (χ3n) is 4.05. The summed E-state index contributed by atoms with van der Waals surface area (Å²) < 4.78 is 5.47. The molecule has 1 atom stereocenters. The molecular formula is C18H20N4O. The predicted molar refractivity (Wildman–Crippen MR) is 89.0 cm³/mol. The van der Waals surface area contributed by atoms with Crippen LogP contribution in [0.5, 0.6) is 0 Å². The van der Waals surface area contributed by atoms with Gasteiger partial charge in [0.1, 0.15) is 11.8 Å². The molecule has 0 bridgehead atoms. The number of rotatable bonds is 5. The molecule has 1 fully saturated rings. The fraction of sp³-hybridized carbons (Fsp3) is 0.333. The molecule has 1 aliphatic heterocycles. The number of benzene rings is 1. The number of pyridine rings is 1. The molecule has 0 amide bonds. The van der Waals surface area contributed by atoms with Crippen LogP contribution in [0.4, 0.5) is 5.69 Å². The zero-order valence-corrected chi connectivity index (χ0v) is 13.0. The van der Waals surface area contributed by atoms with Gasteiger partial charge in [-0.05, 0) is 17.7 Å². The lowest BCUT2D eigenvalue weighted by molar-refractivity contribution is 0.0187. The lowest BCUT2D eigenvalue weighted by Crippen LogP contribution is -2.41. The van der Waals surface area contributed by atoms with Crippen molar-refractivity contribution in [1.29, 1.82) is 5.26 Å². The molecule has 23 heavy (non-hydrogen) atoms. The summed E-state index contributed by atoms with van der Waals surface area (Å²) in [6.07, 6.45) is 1.71. The number of nitrogens with zero attached hydrogens (tertiary/aromatic N) is 3. The minimum Gasteiger partial charge on any atom is -0.382 e. The molecule has 5 heteroatoms. The minimum absolute atomic E-state index is 0.288. The third kappa shape index (κ3) is 4.07. The maximum atomic E-state index is 8.81. The molecule has 118 valence electrons. The molecule has 1 aromatic carbocycles. The second-order valence-electron chi connectivity index (χ2n) is 5.50. The van der Waals surface area contributed by atoms with E-state index in [0.717, 1.165) is 38.5 Å². The van der Waals surface area contributed by atoms with Gasteiger partial charge in [-0.2, -0.15) is 5.26 Å². The number of anilines is 1. The van der Waals surface area contributed by atoms with Crippen LogP contribution < -0.4 is 5.32 Å². The Bertz CT molecular complexity index is 645. The predicted octanol–water partition coefficient (Wildman–Crippen LogP) is 2.44. The molecule has 5 nitrogen and oxygen atoms in total. The summed E-state index contributed by atoms with van der Waals surface area (Å²) in [4.78, 5) is 6.55. The van der Waals surface area contributed by atoms with Gasteiger partial charge in [0.15, 0.2) is 0 Å². The minimum atomic E-state index is 0.288. The Morgan fingerprint density at radius 2 is 1.96 bits per heavy atom. The van der Waals surface area contributed by atoms with Gasteiger partial charge in [0.05, 0.1) is 31.1 Å². The Kier molecular flexibility index (Phi) is 5.20. The third-order valence-corrected chi connectivity index (χ3v) is 4.05. The van der Waals surface area contributed by atoms with Crippen molar-refractivity contribution in [2.24, 2.45) is 0 Å². The average Bonchev–Trinajstić information content (AvgIpc) is 2.64. The smallest absolute Gasteiger partial charge is 0.140 e. The van der Waals surface area contributed by atoms with Crippen LogP contribution in [0.25, 0.3) is 0 Å². The summed E-state index contributed by atoms with van der Waals surface area (Å²) >= 11 is 0. The molecule has 0 spiro atoms. The maximum Gasteiger partial charge on any atom is 0.140 e. The number of aromatic nitrogens is 1. The molecule has 1 aromatic heterocycles. The highest BCUT2D eigenvalue weighted by molar-refractivity contribution is 5.43. The van der Waals surface area contributed by atoms with Crippen molar-refractivity contribution in [1.82, 2.24) is 9.88 Å². The molecule has 3 rings (SSSR count). The largest absolute Gasteiger partial charge is 0.382 e. The molecule has 1 N–H and O–H groups in total. The first-order valence-corrected chi connectivity index (χ1v) is 7.83. The van der Waals surface area contributed by atoms with Gasteiger partial charge >= 0.3 is 0 Å². The second kappa shape index (κ2) is 7.73. The van der Waals surface area contributed by atoms with Gasteiger partial charge in [0.2, 0.25) is 0 Å². The Morgan fingerprint density at radius 3 is 2.61 bits per heavy atom. The molecule has 1 saturated heterocycles. The molecule has 2 aromatic rings. The van der Waals surface area contributed by atoms with Crippen molar-refractivity contribution >= 4 is 5.69 Å². The van der Waals surface area contributed by atoms with E-state index in [4.69, 9.17) is 10.00 Å². The normalized spacial score (nSPS) is 16.5. The summed E-state index contributed by atoms with van der Waals surface area (Å²) in [5.74, 6) is 0. The van der Waals surface area contributed by atoms with E-state index in [9.17, 15) is 0 Å². The topological polar surface area (TPSA) is 61.2 Å². The van der Waals surface area contributed by atoms with Gasteiger partial charge in [0.25, 0.3) is 0 Å². The molecule has 2 heterocycles. The van der Waals surface area contributed by atoms with Crippen LogP contribution in [0.15, 0.2) is 48.7 Å². The van der Waals surface area contributed by atoms with Gasteiger partial charge < -0.3 is 10.1 Å². The number of ether oxygens (including phenoxy) is 1. The van der Waals surface area contributed by atoms with E-state index < -0.39 is 0 Å². The van der Waals surface area contributed by atoms with Crippen molar-refractivity contribution in [2.75, 3.05) is 38.2 Å². The number of hydrogen-bond acceptors (Lipinski definition) is 5. The van der Waals surface area contributed by atoms with Crippen molar-refractivity contribution in [3.63, 3.8) is 0 Å². The lowest BCUT2D eigenvalue weighted by Gasteiger charge is -2.35. The zero-order valence-electron chi connectivity index (χ0n) is 13.0. The van der Waals surface area contributed by atoms with E-state index in [-0.39, 0.29) is 6.04 Å². The van der Waals surface area contributed by atoms with Crippen LogP contribution in [0.3, 0.4) is 0 Å². The summed E-state index contributed by atoms with van der Waals surface area (Å²) in [6.45, 7) is 4.22. The molecule has 1 aliphatic rings. The fourth-order valence-electron chi connectivity index (χ4n) is 2.80. The monoisotopic (exact) mass is 308 g/mol. The molecule has 0 aliphatic carbocycles. The highest BCUT2D eigenvalue weighted by Crippen LogP contribution is 2.22. The number of hydrogen-bond donors (Lipinski definition) is 1. The number of nitrogens with one attached hydrogen (secondary N) is 1. The summed E-state index contributed by atoms with van der Waals surface area (Å²) in [6, 6.07) is 16.5. The molecular weight excluding hydrogens is 288 g/mol. The van der Waals surface area contributed by atoms with Crippen molar-refractivity contribution < 1.29 is 4.74 Å². The Balaban J connectivity index is 1.71. The number of morpholine rings is 1. The summed E-state index contributed by atoms with van der Waals surface area (Å²) in [7, 11) is 0. The summed E-state index contributed by atoms with van der Waals surface area (Å²) in [5, 5.41) is 12.3. The standard InChI is InChI=1S/C18H20N4O/c19-12-16-6-7-17(13-20-16)21-14-18(15-4-2-1-3-5-15)22-8-10-23-11-9-22/h1-7,13,18,21H,8-11,14H2. The summed E-state index contributed by atoms with van der Waals surface area (Å²) in [5.41, 5.74) is 2.66. The fourth-order valence-corrected chi connectivity index (χ4v) is 2.80.